The van der Waals surface area contributed by atoms with Crippen molar-refractivity contribution in [2.24, 2.45) is 0 Å². The molecule has 2 aromatic rings. The molecular weight excluding hydrogens is 308 g/mol. The van der Waals surface area contributed by atoms with Crippen molar-refractivity contribution >= 4 is 17.3 Å². The zero-order valence-corrected chi connectivity index (χ0v) is 14.8. The number of anilines is 1. The van der Waals surface area contributed by atoms with Gasteiger partial charge in [-0.05, 0) is 37.3 Å². The fraction of sp³-hybridized carbons (Fsp3) is 0.474. The molecule has 124 valence electrons. The molecule has 0 amide bonds. The summed E-state index contributed by atoms with van der Waals surface area (Å²) in [4.78, 5) is 4.13. The number of hydrogen-bond donors (Lipinski definition) is 1. The van der Waals surface area contributed by atoms with Crippen molar-refractivity contribution in [2.75, 3.05) is 37.6 Å². The number of benzene rings is 1. The van der Waals surface area contributed by atoms with Gasteiger partial charge in [-0.3, -0.25) is 0 Å². The van der Waals surface area contributed by atoms with Gasteiger partial charge in [0.2, 0.25) is 0 Å². The molecule has 1 N–H and O–H groups in total. The van der Waals surface area contributed by atoms with Crippen molar-refractivity contribution in [1.29, 1.82) is 0 Å². The van der Waals surface area contributed by atoms with Crippen LogP contribution in [0, 0.1) is 6.92 Å². The first-order chi connectivity index (χ1) is 11.1. The highest BCUT2D eigenvalue weighted by Gasteiger charge is 2.21. The summed E-state index contributed by atoms with van der Waals surface area (Å²) in [5, 5.41) is 0.819. The second kappa shape index (κ2) is 7.41. The minimum Gasteiger partial charge on any atom is -0.466 e. The normalized spacial score (nSPS) is 17.4. The van der Waals surface area contributed by atoms with Crippen molar-refractivity contribution in [3.8, 4) is 0 Å². The molecular formula is C19H26ClN2O+. The third kappa shape index (κ3) is 4.30. The first-order valence-corrected chi connectivity index (χ1v) is 8.90. The van der Waals surface area contributed by atoms with Gasteiger partial charge >= 0.3 is 0 Å². The molecule has 1 aliphatic heterocycles. The fourth-order valence-electron chi connectivity index (χ4n) is 3.29. The number of furan rings is 1. The van der Waals surface area contributed by atoms with Crippen LogP contribution in [0.3, 0.4) is 0 Å². The second-order valence-electron chi connectivity index (χ2n) is 6.61. The highest BCUT2D eigenvalue weighted by atomic mass is 35.5. The first kappa shape index (κ1) is 16.4. The molecule has 1 fully saturated rings. The van der Waals surface area contributed by atoms with E-state index in [1.54, 1.807) is 4.90 Å². The van der Waals surface area contributed by atoms with E-state index in [2.05, 4.69) is 36.1 Å². The quantitative estimate of drug-likeness (QED) is 0.907. The Labute approximate surface area is 143 Å². The molecule has 1 saturated heterocycles. The van der Waals surface area contributed by atoms with Gasteiger partial charge in [-0.1, -0.05) is 24.6 Å². The third-order valence-corrected chi connectivity index (χ3v) is 5.06. The fourth-order valence-corrected chi connectivity index (χ4v) is 3.47. The molecule has 0 radical (unpaired) electrons. The van der Waals surface area contributed by atoms with E-state index in [9.17, 15) is 0 Å². The molecule has 1 atom stereocenters. The summed E-state index contributed by atoms with van der Waals surface area (Å²) < 4.78 is 5.74. The van der Waals surface area contributed by atoms with Gasteiger partial charge < -0.3 is 14.2 Å². The van der Waals surface area contributed by atoms with E-state index in [0.717, 1.165) is 29.6 Å². The van der Waals surface area contributed by atoms with E-state index in [0.29, 0.717) is 5.92 Å². The largest absolute Gasteiger partial charge is 0.466 e. The van der Waals surface area contributed by atoms with E-state index in [4.69, 9.17) is 16.0 Å². The Morgan fingerprint density at radius 3 is 2.65 bits per heavy atom. The number of piperazine rings is 1. The Morgan fingerprint density at radius 2 is 2.00 bits per heavy atom. The SMILES string of the molecule is Cc1ccc([C@H](C)CC[NH+]2CCN(c3cccc(Cl)c3)CC2)o1. The lowest BCUT2D eigenvalue weighted by Crippen LogP contribution is -3.14. The molecule has 1 aliphatic rings. The average Bonchev–Trinajstić information content (AvgIpc) is 3.00. The summed E-state index contributed by atoms with van der Waals surface area (Å²) in [5.41, 5.74) is 1.25. The first-order valence-electron chi connectivity index (χ1n) is 8.52. The highest BCUT2D eigenvalue weighted by Crippen LogP contribution is 2.21. The predicted molar refractivity (Wildman–Crippen MR) is 95.7 cm³/mol. The Balaban J connectivity index is 1.46. The standard InChI is InChI=1S/C19H25ClN2O/c1-15(19-7-6-16(2)23-19)8-9-21-10-12-22(13-11-21)18-5-3-4-17(20)14-18/h3-7,14-15H,8-13H2,1-2H3/p+1/t15-/m1/s1. The van der Waals surface area contributed by atoms with Gasteiger partial charge in [0.1, 0.15) is 11.5 Å². The second-order valence-corrected chi connectivity index (χ2v) is 7.04. The zero-order chi connectivity index (χ0) is 16.2. The lowest BCUT2D eigenvalue weighted by Gasteiger charge is -2.34. The maximum Gasteiger partial charge on any atom is 0.107 e. The van der Waals surface area contributed by atoms with Crippen molar-refractivity contribution in [3.05, 3.63) is 52.9 Å². The van der Waals surface area contributed by atoms with Crippen LogP contribution in [0.5, 0.6) is 0 Å². The smallest absolute Gasteiger partial charge is 0.107 e. The van der Waals surface area contributed by atoms with Crippen LogP contribution < -0.4 is 9.80 Å². The monoisotopic (exact) mass is 333 g/mol. The molecule has 0 unspecified atom stereocenters. The maximum absolute atomic E-state index is 6.10. The maximum atomic E-state index is 6.10. The van der Waals surface area contributed by atoms with Gasteiger partial charge in [-0.15, -0.1) is 0 Å². The molecule has 1 aromatic heterocycles. The molecule has 0 spiro atoms. The van der Waals surface area contributed by atoms with Crippen LogP contribution in [0.1, 0.15) is 30.8 Å². The summed E-state index contributed by atoms with van der Waals surface area (Å²) >= 11 is 6.10. The van der Waals surface area contributed by atoms with Gasteiger partial charge in [0, 0.05) is 23.0 Å². The number of nitrogens with one attached hydrogen (secondary N) is 1. The van der Waals surface area contributed by atoms with Crippen LogP contribution in [0.15, 0.2) is 40.8 Å². The van der Waals surface area contributed by atoms with Crippen LogP contribution in [0.25, 0.3) is 0 Å². The van der Waals surface area contributed by atoms with Crippen LogP contribution in [-0.2, 0) is 0 Å². The van der Waals surface area contributed by atoms with E-state index < -0.39 is 0 Å². The summed E-state index contributed by atoms with van der Waals surface area (Å²) in [6.07, 6.45) is 1.18. The average molecular weight is 334 g/mol. The molecule has 3 nitrogen and oxygen atoms in total. The van der Waals surface area contributed by atoms with E-state index >= 15 is 0 Å². The van der Waals surface area contributed by atoms with Crippen molar-refractivity contribution in [1.82, 2.24) is 0 Å². The highest BCUT2D eigenvalue weighted by molar-refractivity contribution is 6.30. The van der Waals surface area contributed by atoms with E-state index in [1.807, 2.05) is 19.1 Å². The minimum atomic E-state index is 0.502. The molecule has 0 aliphatic carbocycles. The zero-order valence-electron chi connectivity index (χ0n) is 14.0. The topological polar surface area (TPSA) is 20.8 Å². The summed E-state index contributed by atoms with van der Waals surface area (Å²) in [7, 11) is 0. The molecule has 3 rings (SSSR count). The molecule has 0 bridgehead atoms. The Morgan fingerprint density at radius 1 is 1.22 bits per heavy atom. The number of quaternary nitrogens is 1. The van der Waals surface area contributed by atoms with Crippen molar-refractivity contribution in [2.45, 2.75) is 26.2 Å². The van der Waals surface area contributed by atoms with Crippen LogP contribution in [-0.4, -0.2) is 32.7 Å². The summed E-state index contributed by atoms with van der Waals surface area (Å²) in [6, 6.07) is 12.4. The summed E-state index contributed by atoms with van der Waals surface area (Å²) in [5.74, 6) is 2.64. The minimum absolute atomic E-state index is 0.502. The molecule has 4 heteroatoms. The predicted octanol–water partition coefficient (Wildman–Crippen LogP) is 3.14. The Kier molecular flexibility index (Phi) is 5.29. The van der Waals surface area contributed by atoms with Crippen LogP contribution in [0.4, 0.5) is 5.69 Å². The van der Waals surface area contributed by atoms with Crippen molar-refractivity contribution < 1.29 is 9.32 Å². The van der Waals surface area contributed by atoms with E-state index in [1.165, 1.54) is 31.7 Å². The number of halogens is 1. The molecule has 0 saturated carbocycles. The van der Waals surface area contributed by atoms with Gasteiger partial charge in [0.05, 0.1) is 32.7 Å². The molecule has 23 heavy (non-hydrogen) atoms. The van der Waals surface area contributed by atoms with Gasteiger partial charge in [0.15, 0.2) is 0 Å². The number of aryl methyl sites for hydroxylation is 1. The third-order valence-electron chi connectivity index (χ3n) is 4.82. The lowest BCUT2D eigenvalue weighted by atomic mass is 10.0. The molecule has 2 heterocycles. The van der Waals surface area contributed by atoms with Gasteiger partial charge in [-0.2, -0.15) is 0 Å². The van der Waals surface area contributed by atoms with Gasteiger partial charge in [0.25, 0.3) is 0 Å². The van der Waals surface area contributed by atoms with Crippen molar-refractivity contribution in [3.63, 3.8) is 0 Å². The Hall–Kier alpha value is -1.45. The Bertz CT molecular complexity index is 632. The lowest BCUT2D eigenvalue weighted by molar-refractivity contribution is -0.901. The number of nitrogens with zero attached hydrogens (tertiary/aromatic N) is 1. The van der Waals surface area contributed by atoms with E-state index in [-0.39, 0.29) is 0 Å². The molecule has 1 aromatic carbocycles. The van der Waals surface area contributed by atoms with Gasteiger partial charge in [-0.25, -0.2) is 0 Å². The number of rotatable bonds is 5. The number of hydrogen-bond acceptors (Lipinski definition) is 2. The summed E-state index contributed by atoms with van der Waals surface area (Å²) in [6.45, 7) is 10.1. The van der Waals surface area contributed by atoms with Crippen LogP contribution in [0.2, 0.25) is 5.02 Å². The van der Waals surface area contributed by atoms with Crippen LogP contribution >= 0.6 is 11.6 Å².